The number of benzene rings is 1. The van der Waals surface area contributed by atoms with Gasteiger partial charge in [0.2, 0.25) is 0 Å². The van der Waals surface area contributed by atoms with Gasteiger partial charge >= 0.3 is 6.36 Å². The van der Waals surface area contributed by atoms with Crippen LogP contribution < -0.4 is 10.6 Å². The highest BCUT2D eigenvalue weighted by atomic mass is 35.5. The summed E-state index contributed by atoms with van der Waals surface area (Å²) in [4.78, 5) is 0. The van der Waals surface area contributed by atoms with Crippen LogP contribution in [0, 0.1) is 0 Å². The molecule has 0 aromatic heterocycles. The molecule has 0 fully saturated rings. The Balaban J connectivity index is 2.93. The molecule has 0 saturated carbocycles. The number of hydrogen-bond acceptors (Lipinski definition) is 3. The first kappa shape index (κ1) is 11.6. The van der Waals surface area contributed by atoms with Crippen LogP contribution in [0.4, 0.5) is 13.2 Å². The van der Waals surface area contributed by atoms with Gasteiger partial charge in [0.1, 0.15) is 5.75 Å². The van der Waals surface area contributed by atoms with E-state index in [-0.39, 0.29) is 5.02 Å². The van der Waals surface area contributed by atoms with Crippen LogP contribution in [-0.2, 0) is 0 Å². The van der Waals surface area contributed by atoms with Gasteiger partial charge in [0.15, 0.2) is 0 Å². The molecule has 1 rings (SSSR count). The van der Waals surface area contributed by atoms with Gasteiger partial charge in [0, 0.05) is 0 Å². The second-order valence-electron chi connectivity index (χ2n) is 2.52. The Kier molecular flexibility index (Phi) is 3.41. The van der Waals surface area contributed by atoms with Gasteiger partial charge in [-0.1, -0.05) is 11.6 Å². The van der Waals surface area contributed by atoms with Crippen molar-refractivity contribution >= 4 is 17.8 Å². The Morgan fingerprint density at radius 2 is 2.07 bits per heavy atom. The molecular formula is C8H6ClF3N2O. The smallest absolute Gasteiger partial charge is 0.404 e. The Hall–Kier alpha value is -1.43. The van der Waals surface area contributed by atoms with E-state index in [1.54, 1.807) is 0 Å². The van der Waals surface area contributed by atoms with Crippen molar-refractivity contribution < 1.29 is 17.9 Å². The maximum absolute atomic E-state index is 11.8. The molecule has 1 aromatic carbocycles. The molecule has 0 spiro atoms. The van der Waals surface area contributed by atoms with Gasteiger partial charge in [-0.05, 0) is 23.8 Å². The zero-order valence-corrected chi connectivity index (χ0v) is 8.01. The number of halogens is 4. The van der Waals surface area contributed by atoms with Gasteiger partial charge in [0.25, 0.3) is 0 Å². The SMILES string of the molecule is NN=Cc1ccc(OC(F)(F)F)c(Cl)c1. The van der Waals surface area contributed by atoms with Crippen molar-refractivity contribution in [3.63, 3.8) is 0 Å². The monoisotopic (exact) mass is 238 g/mol. The third kappa shape index (κ3) is 3.67. The topological polar surface area (TPSA) is 47.6 Å². The minimum absolute atomic E-state index is 0.162. The Morgan fingerprint density at radius 3 is 2.53 bits per heavy atom. The van der Waals surface area contributed by atoms with E-state index in [4.69, 9.17) is 17.4 Å². The summed E-state index contributed by atoms with van der Waals surface area (Å²) in [6.07, 6.45) is -3.50. The van der Waals surface area contributed by atoms with Crippen LogP contribution in [0.2, 0.25) is 5.02 Å². The molecule has 0 aliphatic rings. The van der Waals surface area contributed by atoms with Crippen molar-refractivity contribution in [3.8, 4) is 5.75 Å². The van der Waals surface area contributed by atoms with Gasteiger partial charge in [-0.15, -0.1) is 13.2 Å². The van der Waals surface area contributed by atoms with Crippen LogP contribution in [0.1, 0.15) is 5.56 Å². The van der Waals surface area contributed by atoms with E-state index in [0.29, 0.717) is 5.56 Å². The van der Waals surface area contributed by atoms with Crippen molar-refractivity contribution in [2.75, 3.05) is 0 Å². The summed E-state index contributed by atoms with van der Waals surface area (Å²) in [5, 5.41) is 3.04. The van der Waals surface area contributed by atoms with Crippen LogP contribution in [0.15, 0.2) is 23.3 Å². The average Bonchev–Trinajstić information content (AvgIpc) is 2.08. The van der Waals surface area contributed by atoms with Crippen molar-refractivity contribution in [2.24, 2.45) is 10.9 Å². The van der Waals surface area contributed by atoms with E-state index in [9.17, 15) is 13.2 Å². The summed E-state index contributed by atoms with van der Waals surface area (Å²) < 4.78 is 39.2. The zero-order chi connectivity index (χ0) is 11.5. The number of rotatable bonds is 2. The minimum atomic E-state index is -4.76. The largest absolute Gasteiger partial charge is 0.573 e. The molecule has 2 N–H and O–H groups in total. The van der Waals surface area contributed by atoms with Crippen LogP contribution in [0.5, 0.6) is 5.75 Å². The first-order valence-electron chi connectivity index (χ1n) is 3.71. The fourth-order valence-electron chi connectivity index (χ4n) is 0.891. The highest BCUT2D eigenvalue weighted by Gasteiger charge is 2.31. The summed E-state index contributed by atoms with van der Waals surface area (Å²) >= 11 is 5.54. The number of nitrogens with two attached hydrogens (primary N) is 1. The van der Waals surface area contributed by atoms with Crippen molar-refractivity contribution in [2.45, 2.75) is 6.36 Å². The lowest BCUT2D eigenvalue weighted by atomic mass is 10.2. The maximum atomic E-state index is 11.8. The Labute approximate surface area is 88.3 Å². The van der Waals surface area contributed by atoms with Crippen molar-refractivity contribution in [3.05, 3.63) is 28.8 Å². The normalized spacial score (nSPS) is 12.0. The highest BCUT2D eigenvalue weighted by Crippen LogP contribution is 2.30. The third-order valence-corrected chi connectivity index (χ3v) is 1.70. The van der Waals surface area contributed by atoms with Crippen LogP contribution in [-0.4, -0.2) is 12.6 Å². The van der Waals surface area contributed by atoms with E-state index in [1.807, 2.05) is 0 Å². The predicted molar refractivity (Wildman–Crippen MR) is 49.9 cm³/mol. The zero-order valence-electron chi connectivity index (χ0n) is 7.25. The minimum Gasteiger partial charge on any atom is -0.404 e. The van der Waals surface area contributed by atoms with E-state index < -0.39 is 12.1 Å². The molecule has 3 nitrogen and oxygen atoms in total. The molecule has 0 heterocycles. The molecule has 15 heavy (non-hydrogen) atoms. The van der Waals surface area contributed by atoms with E-state index >= 15 is 0 Å². The third-order valence-electron chi connectivity index (χ3n) is 1.41. The highest BCUT2D eigenvalue weighted by molar-refractivity contribution is 6.32. The van der Waals surface area contributed by atoms with Gasteiger partial charge in [0.05, 0.1) is 11.2 Å². The van der Waals surface area contributed by atoms with Crippen LogP contribution in [0.25, 0.3) is 0 Å². The van der Waals surface area contributed by atoms with Gasteiger partial charge < -0.3 is 10.6 Å². The lowest BCUT2D eigenvalue weighted by molar-refractivity contribution is -0.274. The second kappa shape index (κ2) is 4.39. The van der Waals surface area contributed by atoms with E-state index in [0.717, 1.165) is 6.07 Å². The molecule has 1 aromatic rings. The fourth-order valence-corrected chi connectivity index (χ4v) is 1.12. The molecule has 82 valence electrons. The lowest BCUT2D eigenvalue weighted by Gasteiger charge is -2.10. The molecule has 0 amide bonds. The number of hydrogen-bond donors (Lipinski definition) is 1. The fraction of sp³-hybridized carbons (Fsp3) is 0.125. The van der Waals surface area contributed by atoms with Crippen molar-refractivity contribution in [1.29, 1.82) is 0 Å². The Morgan fingerprint density at radius 1 is 1.40 bits per heavy atom. The molecule has 0 aliphatic heterocycles. The van der Waals surface area contributed by atoms with Crippen LogP contribution >= 0.6 is 11.6 Å². The quantitative estimate of drug-likeness (QED) is 0.489. The first-order valence-corrected chi connectivity index (χ1v) is 4.09. The first-order chi connectivity index (χ1) is 6.92. The summed E-state index contributed by atoms with van der Waals surface area (Å²) in [6.45, 7) is 0. The summed E-state index contributed by atoms with van der Waals surface area (Å²) in [5.74, 6) is 4.41. The average molecular weight is 239 g/mol. The maximum Gasteiger partial charge on any atom is 0.573 e. The van der Waals surface area contributed by atoms with Crippen molar-refractivity contribution in [1.82, 2.24) is 0 Å². The number of hydrazone groups is 1. The van der Waals surface area contributed by atoms with Crippen LogP contribution in [0.3, 0.4) is 0 Å². The van der Waals surface area contributed by atoms with Gasteiger partial charge in [-0.3, -0.25) is 0 Å². The molecule has 7 heteroatoms. The predicted octanol–water partition coefficient (Wildman–Crippen LogP) is 2.53. The van der Waals surface area contributed by atoms with E-state index in [1.165, 1.54) is 18.3 Å². The standard InChI is InChI=1S/C8H6ClF3N2O/c9-6-3-5(4-14-13)1-2-7(6)15-8(10,11)12/h1-4H,13H2. The van der Waals surface area contributed by atoms with Gasteiger partial charge in [-0.25, -0.2) is 0 Å². The molecule has 0 saturated heterocycles. The molecule has 0 atom stereocenters. The molecule has 0 radical (unpaired) electrons. The van der Waals surface area contributed by atoms with E-state index in [2.05, 4.69) is 9.84 Å². The van der Waals surface area contributed by atoms with Gasteiger partial charge in [-0.2, -0.15) is 5.10 Å². The molecule has 0 bridgehead atoms. The number of ether oxygens (including phenoxy) is 1. The molecule has 0 aliphatic carbocycles. The summed E-state index contributed by atoms with van der Waals surface area (Å²) in [5.41, 5.74) is 0.483. The summed E-state index contributed by atoms with van der Waals surface area (Å²) in [7, 11) is 0. The lowest BCUT2D eigenvalue weighted by Crippen LogP contribution is -2.17. The Bertz CT molecular complexity index is 379. The summed E-state index contributed by atoms with van der Waals surface area (Å²) in [6, 6.07) is 3.70. The molecule has 0 unspecified atom stereocenters. The second-order valence-corrected chi connectivity index (χ2v) is 2.92. The number of alkyl halides is 3. The molecular weight excluding hydrogens is 233 g/mol. The number of nitrogens with zero attached hydrogens (tertiary/aromatic N) is 1.